The van der Waals surface area contributed by atoms with E-state index >= 15 is 0 Å². The van der Waals surface area contributed by atoms with Crippen LogP contribution in [0.25, 0.3) is 0 Å². The minimum atomic E-state index is -0.787. The Hall–Kier alpha value is -1.88. The molecule has 1 saturated heterocycles. The van der Waals surface area contributed by atoms with Crippen molar-refractivity contribution in [2.24, 2.45) is 11.3 Å². The van der Waals surface area contributed by atoms with E-state index < -0.39 is 11.4 Å². The molecule has 2 atom stereocenters. The van der Waals surface area contributed by atoms with Crippen LogP contribution >= 0.6 is 0 Å². The Morgan fingerprint density at radius 3 is 2.48 bits per heavy atom. The summed E-state index contributed by atoms with van der Waals surface area (Å²) in [5, 5.41) is 12.4. The average Bonchev–Trinajstić information content (AvgIpc) is 2.88. The van der Waals surface area contributed by atoms with Crippen molar-refractivity contribution in [3.8, 4) is 0 Å². The SMILES string of the molecule is CC(C)C(NC(=O)CN1CCC(C)(C(=O)O)C1)c1ccccc1. The molecule has 1 aliphatic heterocycles. The van der Waals surface area contributed by atoms with E-state index in [0.717, 1.165) is 5.56 Å². The summed E-state index contributed by atoms with van der Waals surface area (Å²) in [4.78, 5) is 25.6. The first-order chi connectivity index (χ1) is 10.8. The average molecular weight is 318 g/mol. The van der Waals surface area contributed by atoms with Crippen molar-refractivity contribution in [3.05, 3.63) is 35.9 Å². The van der Waals surface area contributed by atoms with E-state index in [0.29, 0.717) is 19.5 Å². The van der Waals surface area contributed by atoms with Crippen LogP contribution < -0.4 is 5.32 Å². The molecule has 1 heterocycles. The highest BCUT2D eigenvalue weighted by atomic mass is 16.4. The third-order valence-electron chi connectivity index (χ3n) is 4.58. The van der Waals surface area contributed by atoms with Gasteiger partial charge in [-0.2, -0.15) is 0 Å². The lowest BCUT2D eigenvalue weighted by atomic mass is 9.90. The van der Waals surface area contributed by atoms with Crippen molar-refractivity contribution in [1.82, 2.24) is 10.2 Å². The zero-order valence-electron chi connectivity index (χ0n) is 14.1. The van der Waals surface area contributed by atoms with Crippen molar-refractivity contribution >= 4 is 11.9 Å². The van der Waals surface area contributed by atoms with Crippen molar-refractivity contribution < 1.29 is 14.7 Å². The third kappa shape index (κ3) is 4.32. The van der Waals surface area contributed by atoms with E-state index in [1.54, 1.807) is 6.92 Å². The van der Waals surface area contributed by atoms with Crippen LogP contribution in [-0.4, -0.2) is 41.5 Å². The highest BCUT2D eigenvalue weighted by Crippen LogP contribution is 2.30. The van der Waals surface area contributed by atoms with Crippen LogP contribution in [0.5, 0.6) is 0 Å². The van der Waals surface area contributed by atoms with Gasteiger partial charge < -0.3 is 10.4 Å². The number of benzene rings is 1. The molecule has 0 saturated carbocycles. The van der Waals surface area contributed by atoms with Crippen molar-refractivity contribution in [2.75, 3.05) is 19.6 Å². The highest BCUT2D eigenvalue weighted by Gasteiger charge is 2.40. The van der Waals surface area contributed by atoms with Crippen LogP contribution in [-0.2, 0) is 9.59 Å². The van der Waals surface area contributed by atoms with Crippen LogP contribution in [0, 0.1) is 11.3 Å². The van der Waals surface area contributed by atoms with Gasteiger partial charge in [-0.3, -0.25) is 14.5 Å². The number of nitrogens with zero attached hydrogens (tertiary/aromatic N) is 1. The molecule has 0 aromatic heterocycles. The van der Waals surface area contributed by atoms with Gasteiger partial charge in [-0.1, -0.05) is 44.2 Å². The molecule has 2 rings (SSSR count). The topological polar surface area (TPSA) is 69.6 Å². The zero-order valence-corrected chi connectivity index (χ0v) is 14.1. The summed E-state index contributed by atoms with van der Waals surface area (Å²) in [6.07, 6.45) is 0.585. The molecule has 0 radical (unpaired) electrons. The summed E-state index contributed by atoms with van der Waals surface area (Å²) in [6, 6.07) is 9.90. The van der Waals surface area contributed by atoms with E-state index in [4.69, 9.17) is 0 Å². The third-order valence-corrected chi connectivity index (χ3v) is 4.58. The molecule has 5 nitrogen and oxygen atoms in total. The smallest absolute Gasteiger partial charge is 0.310 e. The fraction of sp³-hybridized carbons (Fsp3) is 0.556. The van der Waals surface area contributed by atoms with E-state index in [2.05, 4.69) is 19.2 Å². The molecule has 1 aromatic carbocycles. The molecular formula is C18H26N2O3. The monoisotopic (exact) mass is 318 g/mol. The van der Waals surface area contributed by atoms with Crippen molar-refractivity contribution in [1.29, 1.82) is 0 Å². The lowest BCUT2D eigenvalue weighted by molar-refractivity contribution is -0.147. The number of rotatable bonds is 6. The van der Waals surface area contributed by atoms with Gasteiger partial charge in [0.2, 0.25) is 5.91 Å². The Morgan fingerprint density at radius 1 is 1.30 bits per heavy atom. The lowest BCUT2D eigenvalue weighted by Crippen LogP contribution is -2.40. The van der Waals surface area contributed by atoms with Gasteiger partial charge in [-0.15, -0.1) is 0 Å². The first-order valence-electron chi connectivity index (χ1n) is 8.12. The van der Waals surface area contributed by atoms with Gasteiger partial charge >= 0.3 is 5.97 Å². The number of likely N-dealkylation sites (tertiary alicyclic amines) is 1. The van der Waals surface area contributed by atoms with Crippen LogP contribution in [0.2, 0.25) is 0 Å². The van der Waals surface area contributed by atoms with Gasteiger partial charge in [0.1, 0.15) is 0 Å². The van der Waals surface area contributed by atoms with Gasteiger partial charge in [0.15, 0.2) is 0 Å². The van der Waals surface area contributed by atoms with E-state index in [1.165, 1.54) is 0 Å². The molecule has 0 spiro atoms. The maximum atomic E-state index is 12.4. The van der Waals surface area contributed by atoms with Crippen LogP contribution in [0.15, 0.2) is 30.3 Å². The van der Waals surface area contributed by atoms with E-state index in [1.807, 2.05) is 35.2 Å². The summed E-state index contributed by atoms with van der Waals surface area (Å²) >= 11 is 0. The second-order valence-corrected chi connectivity index (χ2v) is 7.03. The van der Waals surface area contributed by atoms with Crippen molar-refractivity contribution in [2.45, 2.75) is 33.2 Å². The second kappa shape index (κ2) is 7.13. The van der Waals surface area contributed by atoms with Gasteiger partial charge in [0, 0.05) is 6.54 Å². The molecule has 0 aliphatic carbocycles. The van der Waals surface area contributed by atoms with Crippen LogP contribution in [0.4, 0.5) is 0 Å². The maximum Gasteiger partial charge on any atom is 0.310 e. The molecular weight excluding hydrogens is 292 g/mol. The maximum absolute atomic E-state index is 12.4. The number of hydrogen-bond donors (Lipinski definition) is 2. The fourth-order valence-electron chi connectivity index (χ4n) is 3.08. The van der Waals surface area contributed by atoms with Gasteiger partial charge in [0.25, 0.3) is 0 Å². The molecule has 1 amide bonds. The Balaban J connectivity index is 1.95. The van der Waals surface area contributed by atoms with E-state index in [9.17, 15) is 14.7 Å². The molecule has 1 fully saturated rings. The van der Waals surface area contributed by atoms with Crippen molar-refractivity contribution in [3.63, 3.8) is 0 Å². The molecule has 126 valence electrons. The molecule has 5 heteroatoms. The summed E-state index contributed by atoms with van der Waals surface area (Å²) < 4.78 is 0. The number of nitrogens with one attached hydrogen (secondary N) is 1. The Bertz CT molecular complexity index is 559. The van der Waals surface area contributed by atoms with E-state index in [-0.39, 0.29) is 24.4 Å². The predicted molar refractivity (Wildman–Crippen MR) is 89.0 cm³/mol. The largest absolute Gasteiger partial charge is 0.481 e. The minimum Gasteiger partial charge on any atom is -0.481 e. The number of carbonyl (C=O) groups is 2. The van der Waals surface area contributed by atoms with Gasteiger partial charge in [-0.05, 0) is 31.4 Å². The quantitative estimate of drug-likeness (QED) is 0.844. The number of amides is 1. The van der Waals surface area contributed by atoms with Crippen LogP contribution in [0.3, 0.4) is 0 Å². The number of carboxylic acids is 1. The molecule has 1 aromatic rings. The van der Waals surface area contributed by atoms with Gasteiger partial charge in [-0.25, -0.2) is 0 Å². The Labute approximate surface area is 137 Å². The molecule has 0 bridgehead atoms. The molecule has 1 aliphatic rings. The summed E-state index contributed by atoms with van der Waals surface area (Å²) in [7, 11) is 0. The first kappa shape index (κ1) is 17.5. The number of carboxylic acid groups (broad SMARTS) is 1. The summed E-state index contributed by atoms with van der Waals surface area (Å²) in [5.41, 5.74) is 0.351. The predicted octanol–water partition coefficient (Wildman–Crippen LogP) is 2.30. The Kier molecular flexibility index (Phi) is 5.42. The fourth-order valence-corrected chi connectivity index (χ4v) is 3.08. The second-order valence-electron chi connectivity index (χ2n) is 7.03. The van der Waals surface area contributed by atoms with Gasteiger partial charge in [0.05, 0.1) is 18.0 Å². The lowest BCUT2D eigenvalue weighted by Gasteiger charge is -2.25. The first-order valence-corrected chi connectivity index (χ1v) is 8.12. The summed E-state index contributed by atoms with van der Waals surface area (Å²) in [6.45, 7) is 7.22. The summed E-state index contributed by atoms with van der Waals surface area (Å²) in [5.74, 6) is -0.559. The zero-order chi connectivity index (χ0) is 17.0. The standard InChI is InChI=1S/C18H26N2O3/c1-13(2)16(14-7-5-4-6-8-14)19-15(21)11-20-10-9-18(3,12-20)17(22)23/h4-8,13,16H,9-12H2,1-3H3,(H,19,21)(H,22,23). The number of carbonyl (C=O) groups excluding carboxylic acids is 1. The molecule has 2 N–H and O–H groups in total. The Morgan fingerprint density at radius 2 is 1.96 bits per heavy atom. The van der Waals surface area contributed by atoms with Crippen LogP contribution in [0.1, 0.15) is 38.8 Å². The normalized spacial score (nSPS) is 23.0. The highest BCUT2D eigenvalue weighted by molar-refractivity contribution is 5.79. The number of aliphatic carboxylic acids is 1. The minimum absolute atomic E-state index is 0.0304. The number of hydrogen-bond acceptors (Lipinski definition) is 3. The molecule has 2 unspecified atom stereocenters. The molecule has 23 heavy (non-hydrogen) atoms.